The summed E-state index contributed by atoms with van der Waals surface area (Å²) in [5, 5.41) is 0. The molecule has 1 aliphatic heterocycles. The number of rotatable bonds is 6. The summed E-state index contributed by atoms with van der Waals surface area (Å²) in [6.07, 6.45) is 7.96. The van der Waals surface area contributed by atoms with Crippen LogP contribution in [0.15, 0.2) is 34.1 Å². The Morgan fingerprint density at radius 3 is 2.29 bits per heavy atom. The molecule has 1 saturated heterocycles. The van der Waals surface area contributed by atoms with Gasteiger partial charge in [0, 0.05) is 18.6 Å². The Kier molecular flexibility index (Phi) is 5.59. The summed E-state index contributed by atoms with van der Waals surface area (Å²) in [5.41, 5.74) is 0. The molecule has 0 amide bonds. The average Bonchev–Trinajstić information content (AvgIpc) is 3.30. The maximum atomic E-state index is 13.0. The van der Waals surface area contributed by atoms with Crippen molar-refractivity contribution < 1.29 is 16.8 Å². The summed E-state index contributed by atoms with van der Waals surface area (Å²) in [4.78, 5) is 0.312. The van der Waals surface area contributed by atoms with Gasteiger partial charge >= 0.3 is 0 Å². The maximum absolute atomic E-state index is 13.0. The molecule has 4 rings (SSSR count). The van der Waals surface area contributed by atoms with Crippen LogP contribution in [-0.4, -0.2) is 39.8 Å². The SMILES string of the molecule is CCC1CCCCN1S(=O)(=O)c1ccc(S(=O)(=O)NC2CC3CCC2C3)cc1. The molecule has 3 fully saturated rings. The fourth-order valence-corrected chi connectivity index (χ4v) is 8.37. The number of nitrogens with zero attached hydrogens (tertiary/aromatic N) is 1. The topological polar surface area (TPSA) is 83.6 Å². The minimum atomic E-state index is -3.63. The monoisotopic (exact) mass is 426 g/mol. The molecule has 0 radical (unpaired) electrons. The van der Waals surface area contributed by atoms with Crippen LogP contribution in [0.1, 0.15) is 58.3 Å². The second kappa shape index (κ2) is 7.70. The van der Waals surface area contributed by atoms with E-state index in [1.165, 1.54) is 30.7 Å². The van der Waals surface area contributed by atoms with Crippen LogP contribution >= 0.6 is 0 Å². The number of fused-ring (bicyclic) bond motifs is 2. The summed E-state index contributed by atoms with van der Waals surface area (Å²) in [6, 6.07) is 5.77. The zero-order chi connectivity index (χ0) is 19.9. The second-order valence-corrected chi connectivity index (χ2v) is 12.2. The van der Waals surface area contributed by atoms with E-state index in [2.05, 4.69) is 4.72 Å². The smallest absolute Gasteiger partial charge is 0.208 e. The number of benzene rings is 1. The van der Waals surface area contributed by atoms with Gasteiger partial charge in [-0.25, -0.2) is 21.6 Å². The van der Waals surface area contributed by atoms with E-state index in [1.807, 2.05) is 6.92 Å². The second-order valence-electron chi connectivity index (χ2n) is 8.55. The molecule has 2 aliphatic carbocycles. The van der Waals surface area contributed by atoms with Gasteiger partial charge in [0.05, 0.1) is 9.79 Å². The van der Waals surface area contributed by atoms with Crippen molar-refractivity contribution in [3.63, 3.8) is 0 Å². The Morgan fingerprint density at radius 2 is 1.68 bits per heavy atom. The number of hydrogen-bond donors (Lipinski definition) is 1. The number of hydrogen-bond acceptors (Lipinski definition) is 4. The summed E-state index contributed by atoms with van der Waals surface area (Å²) in [5.74, 6) is 1.10. The van der Waals surface area contributed by atoms with Gasteiger partial charge in [-0.15, -0.1) is 0 Å². The Balaban J connectivity index is 1.51. The van der Waals surface area contributed by atoms with Crippen molar-refractivity contribution in [1.82, 2.24) is 9.03 Å². The largest absolute Gasteiger partial charge is 0.243 e. The van der Waals surface area contributed by atoms with Crippen LogP contribution in [0, 0.1) is 11.8 Å². The van der Waals surface area contributed by atoms with Crippen molar-refractivity contribution in [2.75, 3.05) is 6.54 Å². The van der Waals surface area contributed by atoms with Crippen LogP contribution < -0.4 is 4.72 Å². The van der Waals surface area contributed by atoms with E-state index < -0.39 is 20.0 Å². The third kappa shape index (κ3) is 3.76. The highest BCUT2D eigenvalue weighted by Gasteiger charge is 2.41. The first kappa shape index (κ1) is 20.3. The summed E-state index contributed by atoms with van der Waals surface area (Å²) in [7, 11) is -7.22. The van der Waals surface area contributed by atoms with E-state index >= 15 is 0 Å². The van der Waals surface area contributed by atoms with Gasteiger partial charge in [0.25, 0.3) is 0 Å². The van der Waals surface area contributed by atoms with Gasteiger partial charge in [0.15, 0.2) is 0 Å². The lowest BCUT2D eigenvalue weighted by atomic mass is 9.96. The first-order valence-electron chi connectivity index (χ1n) is 10.5. The molecule has 1 aromatic carbocycles. The highest BCUT2D eigenvalue weighted by atomic mass is 32.2. The third-order valence-electron chi connectivity index (χ3n) is 6.83. The van der Waals surface area contributed by atoms with Crippen molar-refractivity contribution in [1.29, 1.82) is 0 Å². The van der Waals surface area contributed by atoms with Gasteiger partial charge in [0.1, 0.15) is 0 Å². The molecular formula is C20H30N2O4S2. The van der Waals surface area contributed by atoms with Crippen molar-refractivity contribution in [2.24, 2.45) is 11.8 Å². The van der Waals surface area contributed by atoms with E-state index in [-0.39, 0.29) is 21.9 Å². The molecule has 1 N–H and O–H groups in total. The van der Waals surface area contributed by atoms with Gasteiger partial charge in [-0.2, -0.15) is 4.31 Å². The van der Waals surface area contributed by atoms with Gasteiger partial charge in [-0.1, -0.05) is 19.8 Å². The van der Waals surface area contributed by atoms with E-state index in [1.54, 1.807) is 4.31 Å². The Labute approximate surface area is 168 Å². The highest BCUT2D eigenvalue weighted by molar-refractivity contribution is 7.89. The van der Waals surface area contributed by atoms with Crippen LogP contribution in [0.5, 0.6) is 0 Å². The van der Waals surface area contributed by atoms with Crippen LogP contribution in [0.3, 0.4) is 0 Å². The maximum Gasteiger partial charge on any atom is 0.243 e. The van der Waals surface area contributed by atoms with E-state index in [0.717, 1.165) is 44.9 Å². The standard InChI is InChI=1S/C20H30N2O4S2/c1-2-17-5-3-4-12-22(17)28(25,26)19-10-8-18(9-11-19)27(23,24)21-20-14-15-6-7-16(20)13-15/h8-11,15-17,20-21H,2-7,12-14H2,1H3. The van der Waals surface area contributed by atoms with E-state index in [9.17, 15) is 16.8 Å². The quantitative estimate of drug-likeness (QED) is 0.758. The Morgan fingerprint density at radius 1 is 0.964 bits per heavy atom. The molecule has 2 bridgehead atoms. The first-order valence-corrected chi connectivity index (χ1v) is 13.4. The Bertz CT molecular complexity index is 912. The molecule has 8 heteroatoms. The molecule has 0 aromatic heterocycles. The van der Waals surface area contributed by atoms with Crippen LogP contribution in [0.25, 0.3) is 0 Å². The highest BCUT2D eigenvalue weighted by Crippen LogP contribution is 2.44. The number of nitrogens with one attached hydrogen (secondary N) is 1. The lowest BCUT2D eigenvalue weighted by molar-refractivity contribution is 0.246. The fourth-order valence-electron chi connectivity index (χ4n) is 5.28. The van der Waals surface area contributed by atoms with Crippen molar-refractivity contribution >= 4 is 20.0 Å². The minimum absolute atomic E-state index is 0.0193. The predicted octanol–water partition coefficient (Wildman–Crippen LogP) is 3.11. The molecule has 2 saturated carbocycles. The lowest BCUT2D eigenvalue weighted by Gasteiger charge is -2.34. The summed E-state index contributed by atoms with van der Waals surface area (Å²) >= 11 is 0. The van der Waals surface area contributed by atoms with Gasteiger partial charge < -0.3 is 0 Å². The molecule has 1 aromatic rings. The van der Waals surface area contributed by atoms with E-state index in [4.69, 9.17) is 0 Å². The molecule has 28 heavy (non-hydrogen) atoms. The zero-order valence-electron chi connectivity index (χ0n) is 16.4. The van der Waals surface area contributed by atoms with Gasteiger partial charge in [-0.05, 0) is 74.6 Å². The normalized spacial score (nSPS) is 31.3. The summed E-state index contributed by atoms with van der Waals surface area (Å²) in [6.45, 7) is 2.54. The molecule has 4 atom stereocenters. The van der Waals surface area contributed by atoms with Crippen molar-refractivity contribution in [3.8, 4) is 0 Å². The predicted molar refractivity (Wildman–Crippen MR) is 108 cm³/mol. The lowest BCUT2D eigenvalue weighted by Crippen LogP contribution is -2.43. The molecular weight excluding hydrogens is 396 g/mol. The molecule has 6 nitrogen and oxygen atoms in total. The van der Waals surface area contributed by atoms with Crippen LogP contribution in [0.2, 0.25) is 0 Å². The molecule has 1 heterocycles. The zero-order valence-corrected chi connectivity index (χ0v) is 18.0. The van der Waals surface area contributed by atoms with Crippen LogP contribution in [-0.2, 0) is 20.0 Å². The van der Waals surface area contributed by atoms with Crippen LogP contribution in [0.4, 0.5) is 0 Å². The molecule has 156 valence electrons. The fraction of sp³-hybridized carbons (Fsp3) is 0.700. The number of sulfonamides is 2. The van der Waals surface area contributed by atoms with E-state index in [0.29, 0.717) is 18.4 Å². The van der Waals surface area contributed by atoms with Gasteiger partial charge in [0.2, 0.25) is 20.0 Å². The molecule has 3 aliphatic rings. The van der Waals surface area contributed by atoms with Gasteiger partial charge in [-0.3, -0.25) is 0 Å². The first-order chi connectivity index (χ1) is 13.3. The van der Waals surface area contributed by atoms with Crippen molar-refractivity contribution in [2.45, 2.75) is 80.2 Å². The Hall–Kier alpha value is -0.960. The number of piperidine rings is 1. The van der Waals surface area contributed by atoms with Crippen molar-refractivity contribution in [3.05, 3.63) is 24.3 Å². The molecule has 4 unspecified atom stereocenters. The minimum Gasteiger partial charge on any atom is -0.208 e. The summed E-state index contributed by atoms with van der Waals surface area (Å²) < 4.78 is 56.0. The third-order valence-corrected chi connectivity index (χ3v) is 10.3. The molecule has 0 spiro atoms. The average molecular weight is 427 g/mol.